The molecule has 1 amide bonds. The summed E-state index contributed by atoms with van der Waals surface area (Å²) in [6.45, 7) is 10.8. The van der Waals surface area contributed by atoms with Crippen molar-refractivity contribution in [1.82, 2.24) is 9.80 Å². The van der Waals surface area contributed by atoms with Crippen molar-refractivity contribution in [2.24, 2.45) is 0 Å². The fourth-order valence-electron chi connectivity index (χ4n) is 3.32. The zero-order chi connectivity index (χ0) is 20.0. The number of nitrogens with zero attached hydrogens (tertiary/aromatic N) is 2. The van der Waals surface area contributed by atoms with Gasteiger partial charge in [0.15, 0.2) is 0 Å². The van der Waals surface area contributed by atoms with Gasteiger partial charge in [-0.3, -0.25) is 4.90 Å². The molecule has 0 radical (unpaired) electrons. The molecule has 1 aliphatic rings. The molecule has 0 bridgehead atoms. The number of rotatable bonds is 6. The average Bonchev–Trinajstić information content (AvgIpc) is 2.59. The highest BCUT2D eigenvalue weighted by Crippen LogP contribution is 2.21. The van der Waals surface area contributed by atoms with E-state index in [9.17, 15) is 9.59 Å². The van der Waals surface area contributed by atoms with E-state index in [-0.39, 0.29) is 12.1 Å². The van der Waals surface area contributed by atoms with Crippen molar-refractivity contribution in [2.75, 3.05) is 19.6 Å². The Labute approximate surface area is 162 Å². The Morgan fingerprint density at radius 3 is 2.41 bits per heavy atom. The lowest BCUT2D eigenvalue weighted by molar-refractivity contribution is -0.00410. The Morgan fingerprint density at radius 2 is 1.85 bits per heavy atom. The molecule has 1 fully saturated rings. The van der Waals surface area contributed by atoms with E-state index < -0.39 is 11.6 Å². The first kappa shape index (κ1) is 21.2. The van der Waals surface area contributed by atoms with E-state index in [1.165, 1.54) is 0 Å². The van der Waals surface area contributed by atoms with Crippen LogP contribution >= 0.6 is 0 Å². The minimum absolute atomic E-state index is 0.145. The normalized spacial score (nSPS) is 18.4. The zero-order valence-electron chi connectivity index (χ0n) is 16.9. The molecule has 6 nitrogen and oxygen atoms in total. The number of ether oxygens (including phenoxy) is 1. The number of carbonyl (C=O) groups is 2. The van der Waals surface area contributed by atoms with Gasteiger partial charge >= 0.3 is 12.1 Å². The van der Waals surface area contributed by atoms with E-state index in [1.54, 1.807) is 12.1 Å². The van der Waals surface area contributed by atoms with Crippen LogP contribution in [0.1, 0.15) is 62.9 Å². The minimum Gasteiger partial charge on any atom is -0.478 e. The van der Waals surface area contributed by atoms with Gasteiger partial charge in [-0.1, -0.05) is 31.9 Å². The van der Waals surface area contributed by atoms with Crippen LogP contribution in [0.15, 0.2) is 24.3 Å². The summed E-state index contributed by atoms with van der Waals surface area (Å²) in [4.78, 5) is 27.8. The first-order valence-electron chi connectivity index (χ1n) is 9.74. The molecule has 6 heteroatoms. The number of amides is 1. The summed E-state index contributed by atoms with van der Waals surface area (Å²) in [7, 11) is 0. The fraction of sp³-hybridized carbons (Fsp3) is 0.619. The standard InChI is InChI=1S/C21H32N2O4/c1-5-6-7-18-15-22(12-13-23(18)20(26)27-21(2,3)4)14-16-8-10-17(11-9-16)19(24)25/h8-11,18H,5-7,12-15H2,1-4H3,(H,24,25)/t18-/m0/s1. The molecular formula is C21H32N2O4. The molecule has 1 N–H and O–H groups in total. The number of benzene rings is 1. The monoisotopic (exact) mass is 376 g/mol. The minimum atomic E-state index is -0.910. The molecule has 2 rings (SSSR count). The van der Waals surface area contributed by atoms with Gasteiger partial charge in [-0.05, 0) is 44.9 Å². The average molecular weight is 376 g/mol. The Kier molecular flexibility index (Phi) is 7.25. The smallest absolute Gasteiger partial charge is 0.410 e. The molecule has 1 atom stereocenters. The molecule has 0 unspecified atom stereocenters. The molecule has 1 aromatic carbocycles. The lowest BCUT2D eigenvalue weighted by atomic mass is 10.0. The van der Waals surface area contributed by atoms with Crippen molar-refractivity contribution in [3.8, 4) is 0 Å². The highest BCUT2D eigenvalue weighted by atomic mass is 16.6. The maximum Gasteiger partial charge on any atom is 0.410 e. The van der Waals surface area contributed by atoms with E-state index in [0.717, 1.165) is 44.5 Å². The van der Waals surface area contributed by atoms with E-state index in [4.69, 9.17) is 9.84 Å². The first-order valence-corrected chi connectivity index (χ1v) is 9.74. The molecule has 1 heterocycles. The Hall–Kier alpha value is -2.08. The number of carboxylic acids is 1. The van der Waals surface area contributed by atoms with Gasteiger partial charge in [0.2, 0.25) is 0 Å². The van der Waals surface area contributed by atoms with Gasteiger partial charge < -0.3 is 14.7 Å². The number of aromatic carboxylic acids is 1. The van der Waals surface area contributed by atoms with Crippen LogP contribution in [0.25, 0.3) is 0 Å². The Morgan fingerprint density at radius 1 is 1.19 bits per heavy atom. The summed E-state index contributed by atoms with van der Waals surface area (Å²) in [6, 6.07) is 7.16. The first-order chi connectivity index (χ1) is 12.7. The molecule has 0 aromatic heterocycles. The summed E-state index contributed by atoms with van der Waals surface area (Å²) in [5.41, 5.74) is 0.893. The van der Waals surface area contributed by atoms with Gasteiger partial charge in [-0.25, -0.2) is 9.59 Å². The number of piperazine rings is 1. The molecule has 0 spiro atoms. The van der Waals surface area contributed by atoms with Gasteiger partial charge in [0, 0.05) is 32.2 Å². The second-order valence-electron chi connectivity index (χ2n) is 8.21. The van der Waals surface area contributed by atoms with Gasteiger partial charge in [0.25, 0.3) is 0 Å². The number of hydrogen-bond acceptors (Lipinski definition) is 4. The number of carbonyl (C=O) groups excluding carboxylic acids is 1. The number of carboxylic acid groups (broad SMARTS) is 1. The van der Waals surface area contributed by atoms with Gasteiger partial charge in [0.1, 0.15) is 5.60 Å². The van der Waals surface area contributed by atoms with Crippen molar-refractivity contribution in [2.45, 2.75) is 65.1 Å². The third-order valence-corrected chi connectivity index (χ3v) is 4.69. The number of unbranched alkanes of at least 4 members (excludes halogenated alkanes) is 1. The van der Waals surface area contributed by atoms with Crippen LogP contribution in [-0.2, 0) is 11.3 Å². The van der Waals surface area contributed by atoms with Crippen molar-refractivity contribution >= 4 is 12.1 Å². The van der Waals surface area contributed by atoms with E-state index in [2.05, 4.69) is 11.8 Å². The summed E-state index contributed by atoms with van der Waals surface area (Å²) < 4.78 is 5.59. The van der Waals surface area contributed by atoms with E-state index in [1.807, 2.05) is 37.8 Å². The SMILES string of the molecule is CCCC[C@H]1CN(Cc2ccc(C(=O)O)cc2)CCN1C(=O)OC(C)(C)C. The third kappa shape index (κ3) is 6.54. The largest absolute Gasteiger partial charge is 0.478 e. The lowest BCUT2D eigenvalue weighted by Crippen LogP contribution is -2.55. The van der Waals surface area contributed by atoms with Crippen LogP contribution in [0.5, 0.6) is 0 Å². The maximum absolute atomic E-state index is 12.6. The highest BCUT2D eigenvalue weighted by molar-refractivity contribution is 5.87. The Balaban J connectivity index is 2.01. The summed E-state index contributed by atoms with van der Waals surface area (Å²) in [6.07, 6.45) is 2.90. The Bertz CT molecular complexity index is 637. The van der Waals surface area contributed by atoms with Crippen LogP contribution in [0, 0.1) is 0 Å². The summed E-state index contributed by atoms with van der Waals surface area (Å²) in [5, 5.41) is 9.02. The molecule has 0 saturated carbocycles. The van der Waals surface area contributed by atoms with Gasteiger partial charge in [-0.2, -0.15) is 0 Å². The van der Waals surface area contributed by atoms with Gasteiger partial charge in [0.05, 0.1) is 5.56 Å². The second-order valence-corrected chi connectivity index (χ2v) is 8.21. The molecule has 1 aromatic rings. The fourth-order valence-corrected chi connectivity index (χ4v) is 3.32. The third-order valence-electron chi connectivity index (χ3n) is 4.69. The molecule has 1 saturated heterocycles. The molecular weight excluding hydrogens is 344 g/mol. The van der Waals surface area contributed by atoms with Crippen LogP contribution in [-0.4, -0.2) is 58.2 Å². The van der Waals surface area contributed by atoms with E-state index >= 15 is 0 Å². The van der Waals surface area contributed by atoms with Crippen LogP contribution in [0.4, 0.5) is 4.79 Å². The predicted molar refractivity (Wildman–Crippen MR) is 105 cm³/mol. The van der Waals surface area contributed by atoms with Gasteiger partial charge in [-0.15, -0.1) is 0 Å². The highest BCUT2D eigenvalue weighted by Gasteiger charge is 2.32. The van der Waals surface area contributed by atoms with Crippen LogP contribution in [0.2, 0.25) is 0 Å². The lowest BCUT2D eigenvalue weighted by Gasteiger charge is -2.42. The molecule has 0 aliphatic carbocycles. The van der Waals surface area contributed by atoms with Crippen molar-refractivity contribution in [3.05, 3.63) is 35.4 Å². The predicted octanol–water partition coefficient (Wildman–Crippen LogP) is 4.00. The molecule has 1 aliphatic heterocycles. The van der Waals surface area contributed by atoms with E-state index in [0.29, 0.717) is 12.1 Å². The molecule has 150 valence electrons. The van der Waals surface area contributed by atoms with Crippen molar-refractivity contribution in [3.63, 3.8) is 0 Å². The van der Waals surface area contributed by atoms with Crippen LogP contribution in [0.3, 0.4) is 0 Å². The van der Waals surface area contributed by atoms with Crippen molar-refractivity contribution < 1.29 is 19.4 Å². The summed E-state index contributed by atoms with van der Waals surface area (Å²) in [5.74, 6) is -0.910. The topological polar surface area (TPSA) is 70.1 Å². The van der Waals surface area contributed by atoms with Crippen molar-refractivity contribution in [1.29, 1.82) is 0 Å². The quantitative estimate of drug-likeness (QED) is 0.813. The van der Waals surface area contributed by atoms with Crippen LogP contribution < -0.4 is 0 Å². The second kappa shape index (κ2) is 9.22. The maximum atomic E-state index is 12.6. The summed E-state index contributed by atoms with van der Waals surface area (Å²) >= 11 is 0. The number of hydrogen-bond donors (Lipinski definition) is 1. The zero-order valence-corrected chi connectivity index (χ0v) is 16.9. The molecule has 27 heavy (non-hydrogen) atoms.